The van der Waals surface area contributed by atoms with Crippen LogP contribution in [-0.4, -0.2) is 28.6 Å². The van der Waals surface area contributed by atoms with Gasteiger partial charge in [0.15, 0.2) is 0 Å². The van der Waals surface area contributed by atoms with E-state index in [-0.39, 0.29) is 6.09 Å². The monoisotopic (exact) mass is 457 g/mol. The summed E-state index contributed by atoms with van der Waals surface area (Å²) in [4.78, 5) is 14.4. The van der Waals surface area contributed by atoms with Gasteiger partial charge < -0.3 is 14.2 Å². The van der Waals surface area contributed by atoms with Crippen molar-refractivity contribution in [3.8, 4) is 22.9 Å². The molecule has 4 aromatic rings. The summed E-state index contributed by atoms with van der Waals surface area (Å²) < 4.78 is 7.97. The number of aromatic nitrogens is 1. The van der Waals surface area contributed by atoms with Gasteiger partial charge in [-0.15, -0.1) is 0 Å². The first-order valence-electron chi connectivity index (χ1n) is 10.9. The summed E-state index contributed by atoms with van der Waals surface area (Å²) in [7, 11) is 0. The van der Waals surface area contributed by atoms with Gasteiger partial charge >= 0.3 is 6.09 Å². The normalized spacial score (nSPS) is 10.7. The molecule has 6 heteroatoms. The summed E-state index contributed by atoms with van der Waals surface area (Å²) >= 11 is 6.39. The molecule has 0 radical (unpaired) electrons. The number of benzene rings is 3. The van der Waals surface area contributed by atoms with E-state index in [2.05, 4.69) is 10.6 Å². The minimum absolute atomic E-state index is 0.384. The van der Waals surface area contributed by atoms with Gasteiger partial charge in [-0.05, 0) is 61.4 Å². The third kappa shape index (κ3) is 4.57. The van der Waals surface area contributed by atoms with E-state index in [9.17, 15) is 10.1 Å². The highest BCUT2D eigenvalue weighted by Crippen LogP contribution is 2.38. The van der Waals surface area contributed by atoms with E-state index in [1.165, 1.54) is 0 Å². The average Bonchev–Trinajstić information content (AvgIpc) is 3.24. The highest BCUT2D eigenvalue weighted by molar-refractivity contribution is 6.31. The highest BCUT2D eigenvalue weighted by atomic mass is 35.5. The van der Waals surface area contributed by atoms with E-state index < -0.39 is 0 Å². The van der Waals surface area contributed by atoms with E-state index >= 15 is 0 Å². The Morgan fingerprint density at radius 3 is 2.42 bits per heavy atom. The quantitative estimate of drug-likeness (QED) is 0.323. The first-order valence-corrected chi connectivity index (χ1v) is 11.3. The number of hydrogen-bond donors (Lipinski definition) is 0. The maximum Gasteiger partial charge on any atom is 0.415 e. The van der Waals surface area contributed by atoms with Crippen LogP contribution in [0.25, 0.3) is 22.0 Å². The standard InChI is InChI=1S/C27H24ClN3O2/c1-3-30(4-2)27(32)33-25-14-13-24-22(26(25)20-11-9-19(17-29)10-12-20)15-16-31(24)18-21-7-5-6-8-23(21)28/h5-16H,3-4,18H2,1-2H3. The Hall–Kier alpha value is -3.75. The van der Waals surface area contributed by atoms with Gasteiger partial charge in [0.2, 0.25) is 0 Å². The van der Waals surface area contributed by atoms with Crippen molar-refractivity contribution in [1.82, 2.24) is 9.47 Å². The Bertz CT molecular complexity index is 1330. The molecule has 33 heavy (non-hydrogen) atoms. The van der Waals surface area contributed by atoms with Gasteiger partial charge in [-0.2, -0.15) is 5.26 Å². The zero-order valence-electron chi connectivity index (χ0n) is 18.6. The van der Waals surface area contributed by atoms with E-state index in [0.29, 0.717) is 30.9 Å². The second-order valence-electron chi connectivity index (χ2n) is 7.64. The lowest BCUT2D eigenvalue weighted by Crippen LogP contribution is -2.33. The topological polar surface area (TPSA) is 58.3 Å². The number of nitriles is 1. The van der Waals surface area contributed by atoms with Gasteiger partial charge in [0.1, 0.15) is 5.75 Å². The molecule has 0 aliphatic heterocycles. The highest BCUT2D eigenvalue weighted by Gasteiger charge is 2.19. The first kappa shape index (κ1) is 22.4. The van der Waals surface area contributed by atoms with Gasteiger partial charge in [-0.25, -0.2) is 4.79 Å². The van der Waals surface area contributed by atoms with Crippen LogP contribution in [0, 0.1) is 11.3 Å². The molecular formula is C27H24ClN3O2. The zero-order chi connectivity index (χ0) is 23.4. The van der Waals surface area contributed by atoms with E-state index in [1.54, 1.807) is 17.0 Å². The van der Waals surface area contributed by atoms with Crippen molar-refractivity contribution in [2.24, 2.45) is 0 Å². The summed E-state index contributed by atoms with van der Waals surface area (Å²) in [5.41, 5.74) is 4.28. The lowest BCUT2D eigenvalue weighted by Gasteiger charge is -2.20. The van der Waals surface area contributed by atoms with Crippen molar-refractivity contribution in [1.29, 1.82) is 5.26 Å². The van der Waals surface area contributed by atoms with Gasteiger partial charge in [0.05, 0.1) is 11.6 Å². The molecule has 5 nitrogen and oxygen atoms in total. The van der Waals surface area contributed by atoms with Crippen LogP contribution in [0.15, 0.2) is 72.9 Å². The van der Waals surface area contributed by atoms with Crippen molar-refractivity contribution in [2.75, 3.05) is 13.1 Å². The summed E-state index contributed by atoms with van der Waals surface area (Å²) in [6, 6.07) is 23.1. The number of hydrogen-bond acceptors (Lipinski definition) is 3. The molecule has 0 aliphatic carbocycles. The second-order valence-corrected chi connectivity index (χ2v) is 8.04. The molecule has 0 aliphatic rings. The minimum atomic E-state index is -0.384. The fourth-order valence-electron chi connectivity index (χ4n) is 3.94. The predicted octanol–water partition coefficient (Wildman–Crippen LogP) is 6.72. The third-order valence-electron chi connectivity index (χ3n) is 5.73. The SMILES string of the molecule is CCN(CC)C(=O)Oc1ccc2c(ccn2Cc2ccccc2Cl)c1-c1ccc(C#N)cc1. The Morgan fingerprint density at radius 2 is 1.76 bits per heavy atom. The number of nitrogens with zero attached hydrogens (tertiary/aromatic N) is 3. The van der Waals surface area contributed by atoms with Crippen LogP contribution < -0.4 is 4.74 Å². The summed E-state index contributed by atoms with van der Waals surface area (Å²) in [6.07, 6.45) is 1.63. The number of amides is 1. The molecule has 3 aromatic carbocycles. The molecule has 0 unspecified atom stereocenters. The average molecular weight is 458 g/mol. The molecule has 0 N–H and O–H groups in total. The van der Waals surface area contributed by atoms with Crippen molar-refractivity contribution in [3.63, 3.8) is 0 Å². The largest absolute Gasteiger partial charge is 0.415 e. The van der Waals surface area contributed by atoms with E-state index in [1.807, 2.05) is 74.6 Å². The molecular weight excluding hydrogens is 434 g/mol. The van der Waals surface area contributed by atoms with Crippen molar-refractivity contribution in [3.05, 3.63) is 89.1 Å². The van der Waals surface area contributed by atoms with Crippen molar-refractivity contribution in [2.45, 2.75) is 20.4 Å². The second kappa shape index (κ2) is 9.81. The molecule has 1 amide bonds. The van der Waals surface area contributed by atoms with Crippen LogP contribution in [0.3, 0.4) is 0 Å². The minimum Gasteiger partial charge on any atom is -0.410 e. The lowest BCUT2D eigenvalue weighted by molar-refractivity contribution is 0.157. The summed E-state index contributed by atoms with van der Waals surface area (Å²) in [5, 5.41) is 10.9. The van der Waals surface area contributed by atoms with Gasteiger partial charge in [-0.3, -0.25) is 0 Å². The molecule has 1 aromatic heterocycles. The smallest absolute Gasteiger partial charge is 0.410 e. The number of ether oxygens (including phenoxy) is 1. The van der Waals surface area contributed by atoms with Crippen LogP contribution >= 0.6 is 11.6 Å². The summed E-state index contributed by atoms with van der Waals surface area (Å²) in [6.45, 7) is 5.60. The maximum absolute atomic E-state index is 12.7. The maximum atomic E-state index is 12.7. The number of carbonyl (C=O) groups excluding carboxylic acids is 1. The summed E-state index contributed by atoms with van der Waals surface area (Å²) in [5.74, 6) is 0.486. The van der Waals surface area contributed by atoms with Crippen LogP contribution in [0.1, 0.15) is 25.0 Å². The third-order valence-corrected chi connectivity index (χ3v) is 6.10. The Labute approximate surface area is 198 Å². The predicted molar refractivity (Wildman–Crippen MR) is 132 cm³/mol. The Kier molecular flexibility index (Phi) is 6.67. The lowest BCUT2D eigenvalue weighted by atomic mass is 9.99. The first-order chi connectivity index (χ1) is 16.0. The van der Waals surface area contributed by atoms with Crippen molar-refractivity contribution >= 4 is 28.6 Å². The van der Waals surface area contributed by atoms with Gasteiger partial charge in [0.25, 0.3) is 0 Å². The molecule has 166 valence electrons. The number of carbonyl (C=O) groups is 1. The van der Waals surface area contributed by atoms with Gasteiger partial charge in [0, 0.05) is 47.3 Å². The number of rotatable bonds is 6. The van der Waals surface area contributed by atoms with E-state index in [0.717, 1.165) is 32.6 Å². The van der Waals surface area contributed by atoms with Gasteiger partial charge in [-0.1, -0.05) is 41.9 Å². The zero-order valence-corrected chi connectivity index (χ0v) is 19.3. The molecule has 0 bridgehead atoms. The molecule has 0 atom stereocenters. The molecule has 0 spiro atoms. The number of halogens is 1. The molecule has 0 saturated carbocycles. The van der Waals surface area contributed by atoms with Crippen LogP contribution in [0.5, 0.6) is 5.75 Å². The number of fused-ring (bicyclic) bond motifs is 1. The molecule has 4 rings (SSSR count). The van der Waals surface area contributed by atoms with E-state index in [4.69, 9.17) is 16.3 Å². The fourth-order valence-corrected chi connectivity index (χ4v) is 4.13. The molecule has 0 saturated heterocycles. The van der Waals surface area contributed by atoms with Crippen LogP contribution in [0.2, 0.25) is 5.02 Å². The van der Waals surface area contributed by atoms with Crippen molar-refractivity contribution < 1.29 is 9.53 Å². The fraction of sp³-hybridized carbons (Fsp3) is 0.185. The molecule has 0 fully saturated rings. The van der Waals surface area contributed by atoms with Crippen LogP contribution in [-0.2, 0) is 6.54 Å². The Morgan fingerprint density at radius 1 is 1.03 bits per heavy atom. The Balaban J connectivity index is 1.83. The molecule has 1 heterocycles. The van der Waals surface area contributed by atoms with Crippen LogP contribution in [0.4, 0.5) is 4.79 Å².